The molecule has 0 saturated carbocycles. The zero-order valence-electron chi connectivity index (χ0n) is 14.7. The van der Waals surface area contributed by atoms with Gasteiger partial charge in [0, 0.05) is 0 Å². The summed E-state index contributed by atoms with van der Waals surface area (Å²) in [5.41, 5.74) is 2.72. The first-order chi connectivity index (χ1) is 10.6. The molecule has 0 spiro atoms. The van der Waals surface area contributed by atoms with Gasteiger partial charge in [-0.1, -0.05) is 106 Å². The van der Waals surface area contributed by atoms with Gasteiger partial charge in [0.25, 0.3) is 0 Å². The van der Waals surface area contributed by atoms with Crippen molar-refractivity contribution < 1.29 is 0 Å². The molecule has 22 heavy (non-hydrogen) atoms. The number of hydrogen-bond donors (Lipinski definition) is 0. The van der Waals surface area contributed by atoms with Crippen LogP contribution >= 0.6 is 7.47 Å². The molecule has 0 radical (unpaired) electrons. The van der Waals surface area contributed by atoms with Crippen LogP contribution in [-0.2, 0) is 0 Å². The molecule has 0 aliphatic carbocycles. The van der Waals surface area contributed by atoms with E-state index in [9.17, 15) is 0 Å². The Morgan fingerprint density at radius 2 is 0.955 bits per heavy atom. The lowest BCUT2D eigenvalue weighted by Gasteiger charge is -2.38. The molecule has 0 fully saturated rings. The van der Waals surface area contributed by atoms with E-state index in [1.54, 1.807) is 10.6 Å². The highest BCUT2D eigenvalue weighted by Gasteiger charge is 2.38. The van der Waals surface area contributed by atoms with Crippen molar-refractivity contribution in [2.75, 3.05) is 0 Å². The predicted octanol–water partition coefficient (Wildman–Crippen LogP) is 5.74. The van der Waals surface area contributed by atoms with Crippen molar-refractivity contribution in [3.63, 3.8) is 0 Å². The van der Waals surface area contributed by atoms with Crippen LogP contribution in [0.5, 0.6) is 0 Å². The molecule has 118 valence electrons. The van der Waals surface area contributed by atoms with E-state index < -0.39 is 7.74 Å². The summed E-state index contributed by atoms with van der Waals surface area (Å²) in [6.07, 6.45) is 0. The van der Waals surface area contributed by atoms with E-state index in [4.69, 9.17) is 0 Å². The van der Waals surface area contributed by atoms with Crippen LogP contribution in [0.1, 0.15) is 31.9 Å². The maximum Gasteiger partial charge on any atom is 0.0911 e. The average Bonchev–Trinajstić information content (AvgIpc) is 2.55. The Labute approximate surface area is 138 Å². The van der Waals surface area contributed by atoms with E-state index in [0.29, 0.717) is 0 Å². The zero-order chi connectivity index (χ0) is 16.2. The topological polar surface area (TPSA) is 0 Å². The van der Waals surface area contributed by atoms with Gasteiger partial charge in [-0.25, -0.2) is 0 Å². The molecule has 0 heterocycles. The van der Waals surface area contributed by atoms with E-state index in [2.05, 4.69) is 83.1 Å². The summed E-state index contributed by atoms with van der Waals surface area (Å²) >= 11 is 0. The van der Waals surface area contributed by atoms with Crippen LogP contribution in [0.2, 0.25) is 18.1 Å². The molecule has 0 aromatic heterocycles. The average molecular weight is 329 g/mol. The molecule has 0 nitrogen and oxygen atoms in total. The fraction of sp³-hybridized carbons (Fsp3) is 0.400. The third kappa shape index (κ3) is 3.53. The SMILES string of the molecule is CC[Si](CC)(CC)P(c1ccc(C)cc1)c1ccc(C)cc1. The number of benzene rings is 2. The zero-order valence-corrected chi connectivity index (χ0v) is 16.6. The smallest absolute Gasteiger partial charge is 0.0674 e. The van der Waals surface area contributed by atoms with Gasteiger partial charge in [0.1, 0.15) is 0 Å². The van der Waals surface area contributed by atoms with Crippen LogP contribution in [0, 0.1) is 13.8 Å². The number of aryl methyl sites for hydroxylation is 2. The standard InChI is InChI=1S/C20H29PSi/c1-6-22(7-2,8-3)21(19-13-9-17(4)10-14-19)20-15-11-18(5)12-16-20/h9-16H,6-8H2,1-5H3. The molecule has 2 heteroatoms. The largest absolute Gasteiger partial charge is 0.0911 e. The summed E-state index contributed by atoms with van der Waals surface area (Å²) in [5.74, 6) is 0. The molecule has 0 unspecified atom stereocenters. The highest BCUT2D eigenvalue weighted by Crippen LogP contribution is 2.51. The van der Waals surface area contributed by atoms with Gasteiger partial charge in [-0.2, -0.15) is 0 Å². The van der Waals surface area contributed by atoms with Gasteiger partial charge in [0.05, 0.1) is 7.74 Å². The Kier molecular flexibility index (Phi) is 6.00. The van der Waals surface area contributed by atoms with Crippen molar-refractivity contribution in [3.05, 3.63) is 59.7 Å². The molecule has 2 rings (SSSR count). The highest BCUT2D eigenvalue weighted by atomic mass is 31.4. The van der Waals surface area contributed by atoms with Gasteiger partial charge in [-0.15, -0.1) is 0 Å². The second-order valence-corrected chi connectivity index (χ2v) is 16.8. The molecule has 0 N–H and O–H groups in total. The summed E-state index contributed by atoms with van der Waals surface area (Å²) in [4.78, 5) is 0. The first-order valence-corrected chi connectivity index (χ1v) is 13.3. The Morgan fingerprint density at radius 1 is 0.636 bits per heavy atom. The van der Waals surface area contributed by atoms with E-state index in [0.717, 1.165) is 0 Å². The van der Waals surface area contributed by atoms with Crippen LogP contribution in [0.25, 0.3) is 0 Å². The van der Waals surface area contributed by atoms with Crippen molar-refractivity contribution in [1.82, 2.24) is 0 Å². The highest BCUT2D eigenvalue weighted by molar-refractivity contribution is 8.05. The van der Waals surface area contributed by atoms with Crippen molar-refractivity contribution >= 4 is 25.8 Å². The molecular formula is C20H29PSi. The summed E-state index contributed by atoms with van der Waals surface area (Å²) in [6.45, 7) is 11.6. The fourth-order valence-corrected chi connectivity index (χ4v) is 15.1. The van der Waals surface area contributed by atoms with Gasteiger partial charge in [0.15, 0.2) is 0 Å². The minimum Gasteiger partial charge on any atom is -0.0674 e. The van der Waals surface area contributed by atoms with E-state index >= 15 is 0 Å². The van der Waals surface area contributed by atoms with E-state index in [-0.39, 0.29) is 7.47 Å². The lowest BCUT2D eigenvalue weighted by Crippen LogP contribution is -2.37. The molecular weight excluding hydrogens is 299 g/mol. The van der Waals surface area contributed by atoms with Crippen molar-refractivity contribution in [2.24, 2.45) is 0 Å². The first-order valence-electron chi connectivity index (χ1n) is 8.50. The van der Waals surface area contributed by atoms with Gasteiger partial charge in [0.2, 0.25) is 0 Å². The lowest BCUT2D eigenvalue weighted by molar-refractivity contribution is 1.22. The minimum atomic E-state index is -1.30. The van der Waals surface area contributed by atoms with Crippen LogP contribution in [-0.4, -0.2) is 7.74 Å². The predicted molar refractivity (Wildman–Crippen MR) is 106 cm³/mol. The van der Waals surface area contributed by atoms with Crippen molar-refractivity contribution in [3.8, 4) is 0 Å². The van der Waals surface area contributed by atoms with E-state index in [1.165, 1.54) is 29.3 Å². The van der Waals surface area contributed by atoms with Crippen LogP contribution in [0.15, 0.2) is 48.5 Å². The summed E-state index contributed by atoms with van der Waals surface area (Å²) < 4.78 is 0. The molecule has 0 amide bonds. The normalized spacial score (nSPS) is 11.9. The van der Waals surface area contributed by atoms with Gasteiger partial charge < -0.3 is 0 Å². The van der Waals surface area contributed by atoms with Crippen LogP contribution in [0.4, 0.5) is 0 Å². The Hall–Kier alpha value is -0.913. The second-order valence-electron chi connectivity index (χ2n) is 6.29. The van der Waals surface area contributed by atoms with Gasteiger partial charge in [-0.3, -0.25) is 0 Å². The fourth-order valence-electron chi connectivity index (χ4n) is 3.31. The first kappa shape index (κ1) is 17.4. The quantitative estimate of drug-likeness (QED) is 0.468. The third-order valence-electron chi connectivity index (χ3n) is 5.03. The maximum atomic E-state index is 2.43. The molecule has 0 bridgehead atoms. The molecule has 2 aromatic carbocycles. The molecule has 0 saturated heterocycles. The monoisotopic (exact) mass is 328 g/mol. The van der Waals surface area contributed by atoms with Crippen LogP contribution < -0.4 is 10.6 Å². The second kappa shape index (κ2) is 7.57. The van der Waals surface area contributed by atoms with E-state index in [1.807, 2.05) is 0 Å². The maximum absolute atomic E-state index is 2.43. The third-order valence-corrected chi connectivity index (χ3v) is 18.8. The van der Waals surface area contributed by atoms with Crippen molar-refractivity contribution in [1.29, 1.82) is 0 Å². The Balaban J connectivity index is 2.57. The van der Waals surface area contributed by atoms with Gasteiger partial charge >= 0.3 is 0 Å². The molecule has 0 aliphatic heterocycles. The lowest BCUT2D eigenvalue weighted by atomic mass is 10.2. The summed E-state index contributed by atoms with van der Waals surface area (Å²) in [7, 11) is -1.48. The molecule has 0 aliphatic rings. The Bertz CT molecular complexity index is 528. The summed E-state index contributed by atoms with van der Waals surface area (Å²) in [5, 5.41) is 3.17. The molecule has 2 aromatic rings. The van der Waals surface area contributed by atoms with Crippen molar-refractivity contribution in [2.45, 2.75) is 52.8 Å². The number of rotatable bonds is 6. The molecule has 0 atom stereocenters. The van der Waals surface area contributed by atoms with Gasteiger partial charge in [-0.05, 0) is 24.5 Å². The minimum absolute atomic E-state index is 0.185. The number of hydrogen-bond acceptors (Lipinski definition) is 0. The van der Waals surface area contributed by atoms with Crippen LogP contribution in [0.3, 0.4) is 0 Å². The summed E-state index contributed by atoms with van der Waals surface area (Å²) in [6, 6.07) is 22.9. The Morgan fingerprint density at radius 3 is 1.23 bits per heavy atom.